The average Bonchev–Trinajstić information content (AvgIpc) is 2.69. The number of ether oxygens (including phenoxy) is 2. The number of hydrogen-bond donors (Lipinski definition) is 2. The van der Waals surface area contributed by atoms with Crippen molar-refractivity contribution in [1.29, 1.82) is 0 Å². The summed E-state index contributed by atoms with van der Waals surface area (Å²) in [6.45, 7) is 4.24. The standard InChI is InChI=1S/C20H25N3O3/c1-25-18-8-6-17(7-9-18)23-12-10-22(11-13-23)15-20(24)21-16-4-3-5-19(14-16)26-2/h3-9,14H,10-13,15H2,1-2H3,(H,21,24)/p+1. The number of hydrogen-bond acceptors (Lipinski definition) is 4. The SMILES string of the molecule is COc1ccc(N2CC[NH+](CC(=O)Nc3cccc(OC)c3)CC2)cc1. The minimum Gasteiger partial charge on any atom is -0.497 e. The molecule has 0 atom stereocenters. The highest BCUT2D eigenvalue weighted by molar-refractivity contribution is 5.91. The van der Waals surface area contributed by atoms with Crippen LogP contribution in [0.3, 0.4) is 0 Å². The molecule has 0 bridgehead atoms. The van der Waals surface area contributed by atoms with E-state index in [-0.39, 0.29) is 5.91 Å². The van der Waals surface area contributed by atoms with Gasteiger partial charge in [0.2, 0.25) is 0 Å². The molecule has 3 rings (SSSR count). The molecule has 138 valence electrons. The first-order valence-corrected chi connectivity index (χ1v) is 8.84. The van der Waals surface area contributed by atoms with Gasteiger partial charge in [-0.05, 0) is 36.4 Å². The van der Waals surface area contributed by atoms with Crippen LogP contribution in [-0.4, -0.2) is 52.9 Å². The van der Waals surface area contributed by atoms with E-state index in [1.807, 2.05) is 36.4 Å². The van der Waals surface area contributed by atoms with Crippen LogP contribution in [0.1, 0.15) is 0 Å². The molecule has 0 unspecified atom stereocenters. The highest BCUT2D eigenvalue weighted by Gasteiger charge is 2.22. The van der Waals surface area contributed by atoms with Crippen molar-refractivity contribution in [2.75, 3.05) is 57.2 Å². The Morgan fingerprint density at radius 3 is 2.38 bits per heavy atom. The second-order valence-corrected chi connectivity index (χ2v) is 6.39. The van der Waals surface area contributed by atoms with Gasteiger partial charge in [-0.25, -0.2) is 0 Å². The molecule has 1 saturated heterocycles. The monoisotopic (exact) mass is 356 g/mol. The first-order valence-electron chi connectivity index (χ1n) is 8.84. The van der Waals surface area contributed by atoms with Gasteiger partial charge in [-0.2, -0.15) is 0 Å². The molecule has 1 aliphatic heterocycles. The fourth-order valence-corrected chi connectivity index (χ4v) is 3.18. The van der Waals surface area contributed by atoms with Crippen molar-refractivity contribution in [2.24, 2.45) is 0 Å². The van der Waals surface area contributed by atoms with Gasteiger partial charge in [-0.3, -0.25) is 4.79 Å². The summed E-state index contributed by atoms with van der Waals surface area (Å²) >= 11 is 0. The van der Waals surface area contributed by atoms with Gasteiger partial charge >= 0.3 is 0 Å². The maximum absolute atomic E-state index is 12.3. The van der Waals surface area contributed by atoms with Crippen molar-refractivity contribution >= 4 is 17.3 Å². The lowest BCUT2D eigenvalue weighted by Gasteiger charge is -2.33. The maximum Gasteiger partial charge on any atom is 0.279 e. The molecule has 1 aliphatic rings. The van der Waals surface area contributed by atoms with Gasteiger partial charge in [0, 0.05) is 17.4 Å². The fourth-order valence-electron chi connectivity index (χ4n) is 3.18. The zero-order chi connectivity index (χ0) is 18.4. The number of amides is 1. The van der Waals surface area contributed by atoms with E-state index < -0.39 is 0 Å². The molecule has 0 aromatic heterocycles. The van der Waals surface area contributed by atoms with Crippen LogP contribution < -0.4 is 24.6 Å². The Kier molecular flexibility index (Phi) is 5.96. The van der Waals surface area contributed by atoms with Crippen molar-refractivity contribution < 1.29 is 19.2 Å². The summed E-state index contributed by atoms with van der Waals surface area (Å²) in [6.07, 6.45) is 0. The zero-order valence-corrected chi connectivity index (χ0v) is 15.3. The lowest BCUT2D eigenvalue weighted by molar-refractivity contribution is -0.892. The van der Waals surface area contributed by atoms with Crippen LogP contribution in [0.25, 0.3) is 0 Å². The molecule has 1 amide bonds. The van der Waals surface area contributed by atoms with Crippen molar-refractivity contribution in [3.63, 3.8) is 0 Å². The second-order valence-electron chi connectivity index (χ2n) is 6.39. The van der Waals surface area contributed by atoms with E-state index in [0.29, 0.717) is 6.54 Å². The van der Waals surface area contributed by atoms with E-state index in [4.69, 9.17) is 9.47 Å². The van der Waals surface area contributed by atoms with Gasteiger partial charge in [-0.1, -0.05) is 6.07 Å². The summed E-state index contributed by atoms with van der Waals surface area (Å²) < 4.78 is 10.4. The van der Waals surface area contributed by atoms with Gasteiger partial charge in [0.25, 0.3) is 5.91 Å². The van der Waals surface area contributed by atoms with Gasteiger partial charge in [0.1, 0.15) is 11.5 Å². The second kappa shape index (κ2) is 8.58. The molecular weight excluding hydrogens is 330 g/mol. The number of methoxy groups -OCH3 is 2. The molecule has 2 N–H and O–H groups in total. The summed E-state index contributed by atoms with van der Waals surface area (Å²) in [5, 5.41) is 2.95. The molecule has 1 fully saturated rings. The van der Waals surface area contributed by atoms with E-state index in [1.54, 1.807) is 14.2 Å². The summed E-state index contributed by atoms with van der Waals surface area (Å²) in [5.74, 6) is 1.64. The Labute approximate surface area is 154 Å². The van der Waals surface area contributed by atoms with Gasteiger partial charge in [-0.15, -0.1) is 0 Å². The number of nitrogens with zero attached hydrogens (tertiary/aromatic N) is 1. The molecule has 6 heteroatoms. The maximum atomic E-state index is 12.3. The summed E-state index contributed by atoms with van der Waals surface area (Å²) in [5.41, 5.74) is 1.97. The predicted molar refractivity (Wildman–Crippen MR) is 102 cm³/mol. The number of carbonyl (C=O) groups excluding carboxylic acids is 1. The molecule has 0 radical (unpaired) electrons. The lowest BCUT2D eigenvalue weighted by Crippen LogP contribution is -3.15. The number of anilines is 2. The predicted octanol–water partition coefficient (Wildman–Crippen LogP) is 1.05. The minimum absolute atomic E-state index is 0.0335. The number of nitrogens with one attached hydrogen (secondary N) is 2. The molecule has 0 spiro atoms. The molecule has 6 nitrogen and oxygen atoms in total. The van der Waals surface area contributed by atoms with Crippen molar-refractivity contribution in [3.05, 3.63) is 48.5 Å². The molecule has 26 heavy (non-hydrogen) atoms. The molecule has 2 aromatic rings. The number of rotatable bonds is 6. The third-order valence-corrected chi connectivity index (χ3v) is 4.67. The first-order chi connectivity index (χ1) is 12.7. The van der Waals surface area contributed by atoms with Crippen LogP contribution in [-0.2, 0) is 4.79 Å². The molecule has 1 heterocycles. The number of quaternary nitrogens is 1. The van der Waals surface area contributed by atoms with Crippen LogP contribution in [0.15, 0.2) is 48.5 Å². The summed E-state index contributed by atoms with van der Waals surface area (Å²) in [6, 6.07) is 15.6. The fraction of sp³-hybridized carbons (Fsp3) is 0.350. The number of benzene rings is 2. The van der Waals surface area contributed by atoms with Crippen LogP contribution in [0.2, 0.25) is 0 Å². The smallest absolute Gasteiger partial charge is 0.279 e. The van der Waals surface area contributed by atoms with Gasteiger partial charge in [0.15, 0.2) is 6.54 Å². The van der Waals surface area contributed by atoms with Crippen LogP contribution in [0.5, 0.6) is 11.5 Å². The van der Waals surface area contributed by atoms with Crippen LogP contribution >= 0.6 is 0 Å². The zero-order valence-electron chi connectivity index (χ0n) is 15.3. The molecule has 2 aromatic carbocycles. The Morgan fingerprint density at radius 1 is 1.04 bits per heavy atom. The Balaban J connectivity index is 1.47. The highest BCUT2D eigenvalue weighted by atomic mass is 16.5. The van der Waals surface area contributed by atoms with Crippen molar-refractivity contribution in [1.82, 2.24) is 0 Å². The Bertz CT molecular complexity index is 725. The number of carbonyl (C=O) groups is 1. The topological polar surface area (TPSA) is 55.2 Å². The van der Waals surface area contributed by atoms with Gasteiger partial charge < -0.3 is 24.6 Å². The van der Waals surface area contributed by atoms with E-state index in [1.165, 1.54) is 10.6 Å². The number of piperazine rings is 1. The molecule has 0 saturated carbocycles. The minimum atomic E-state index is 0.0335. The van der Waals surface area contributed by atoms with Crippen LogP contribution in [0, 0.1) is 0 Å². The summed E-state index contributed by atoms with van der Waals surface area (Å²) in [4.78, 5) is 16.0. The van der Waals surface area contributed by atoms with Crippen molar-refractivity contribution in [3.8, 4) is 11.5 Å². The van der Waals surface area contributed by atoms with Gasteiger partial charge in [0.05, 0.1) is 40.4 Å². The van der Waals surface area contributed by atoms with E-state index in [9.17, 15) is 4.79 Å². The third kappa shape index (κ3) is 4.67. The van der Waals surface area contributed by atoms with Crippen molar-refractivity contribution in [2.45, 2.75) is 0 Å². The van der Waals surface area contributed by atoms with E-state index >= 15 is 0 Å². The average molecular weight is 356 g/mol. The normalized spacial score (nSPS) is 14.8. The van der Waals surface area contributed by atoms with E-state index in [0.717, 1.165) is 43.4 Å². The highest BCUT2D eigenvalue weighted by Crippen LogP contribution is 2.19. The first kappa shape index (κ1) is 18.1. The summed E-state index contributed by atoms with van der Waals surface area (Å²) in [7, 11) is 3.29. The van der Waals surface area contributed by atoms with E-state index in [2.05, 4.69) is 22.3 Å². The lowest BCUT2D eigenvalue weighted by atomic mass is 10.2. The Morgan fingerprint density at radius 2 is 1.73 bits per heavy atom. The molecular formula is C20H26N3O3+. The van der Waals surface area contributed by atoms with Crippen LogP contribution in [0.4, 0.5) is 11.4 Å². The third-order valence-electron chi connectivity index (χ3n) is 4.67. The Hall–Kier alpha value is -2.73. The quantitative estimate of drug-likeness (QED) is 0.812. The molecule has 0 aliphatic carbocycles. The largest absolute Gasteiger partial charge is 0.497 e.